The van der Waals surface area contributed by atoms with Crippen LogP contribution in [0.25, 0.3) is 10.9 Å². The molecule has 3 nitrogen and oxygen atoms in total. The first-order valence-corrected chi connectivity index (χ1v) is 8.10. The van der Waals surface area contributed by atoms with Crippen LogP contribution < -0.4 is 0 Å². The minimum absolute atomic E-state index is 0.205. The molecular weight excluding hydrogens is 340 g/mol. The third kappa shape index (κ3) is 2.92. The summed E-state index contributed by atoms with van der Waals surface area (Å²) in [6.45, 7) is 2.03. The van der Waals surface area contributed by atoms with Gasteiger partial charge in [-0.15, -0.1) is 0 Å². The largest absolute Gasteiger partial charge is 0.623 e. The number of benzene rings is 2. The molecule has 0 aliphatic rings. The molecule has 112 valence electrons. The van der Waals surface area contributed by atoms with E-state index >= 15 is 0 Å². The molecule has 0 bridgehead atoms. The second-order valence-corrected chi connectivity index (χ2v) is 6.17. The van der Waals surface area contributed by atoms with Crippen molar-refractivity contribution in [2.45, 2.75) is 19.4 Å². The average Bonchev–Trinajstić information content (AvgIpc) is 2.92. The van der Waals surface area contributed by atoms with E-state index in [9.17, 15) is 5.21 Å². The van der Waals surface area contributed by atoms with E-state index in [0.29, 0.717) is 0 Å². The fourth-order valence-electron chi connectivity index (χ4n) is 2.70. The highest BCUT2D eigenvalue weighted by atomic mass is 79.9. The molecule has 0 fully saturated rings. The predicted octanol–water partition coefficient (Wildman–Crippen LogP) is 5.01. The lowest BCUT2D eigenvalue weighted by atomic mass is 10.0. The monoisotopic (exact) mass is 356 g/mol. The number of halogens is 1. The van der Waals surface area contributed by atoms with Crippen LogP contribution in [0.3, 0.4) is 0 Å². The van der Waals surface area contributed by atoms with Crippen LogP contribution in [0.15, 0.2) is 59.2 Å². The highest BCUT2D eigenvalue weighted by Crippen LogP contribution is 2.30. The molecule has 1 unspecified atom stereocenters. The van der Waals surface area contributed by atoms with Crippen molar-refractivity contribution in [1.29, 1.82) is 0 Å². The van der Waals surface area contributed by atoms with E-state index in [4.69, 9.17) is 0 Å². The summed E-state index contributed by atoms with van der Waals surface area (Å²) in [6.07, 6.45) is 4.34. The number of hydrogen-bond donors (Lipinski definition) is 1. The van der Waals surface area contributed by atoms with Crippen molar-refractivity contribution >= 4 is 33.0 Å². The molecule has 22 heavy (non-hydrogen) atoms. The maximum atomic E-state index is 12.6. The Kier molecular flexibility index (Phi) is 4.29. The topological polar surface area (TPSA) is 41.9 Å². The normalized spacial score (nSPS) is 13.5. The molecule has 1 atom stereocenters. The number of hydrogen-bond acceptors (Lipinski definition) is 1. The quantitative estimate of drug-likeness (QED) is 0.303. The molecule has 0 spiro atoms. The van der Waals surface area contributed by atoms with Gasteiger partial charge in [-0.25, -0.2) is 4.74 Å². The minimum Gasteiger partial charge on any atom is -0.623 e. The highest BCUT2D eigenvalue weighted by molar-refractivity contribution is 9.10. The van der Waals surface area contributed by atoms with Crippen LogP contribution in [0.1, 0.15) is 30.5 Å². The molecular formula is C18H17BrN2O. The van der Waals surface area contributed by atoms with Crippen molar-refractivity contribution in [3.05, 3.63) is 75.5 Å². The first-order chi connectivity index (χ1) is 10.7. The van der Waals surface area contributed by atoms with Gasteiger partial charge >= 0.3 is 0 Å². The van der Waals surface area contributed by atoms with Gasteiger partial charge in [-0.3, -0.25) is 0 Å². The Labute approximate surface area is 138 Å². The second-order valence-electron chi connectivity index (χ2n) is 5.26. The van der Waals surface area contributed by atoms with Crippen LogP contribution in [0.5, 0.6) is 0 Å². The van der Waals surface area contributed by atoms with E-state index in [1.807, 2.05) is 55.6 Å². The Bertz CT molecular complexity index is 808. The Morgan fingerprint density at radius 3 is 2.73 bits per heavy atom. The summed E-state index contributed by atoms with van der Waals surface area (Å²) in [4.78, 5) is 3.25. The molecule has 1 aromatic heterocycles. The molecule has 1 N–H and O–H groups in total. The van der Waals surface area contributed by atoms with Gasteiger partial charge in [0.1, 0.15) is 0 Å². The van der Waals surface area contributed by atoms with Gasteiger partial charge < -0.3 is 10.2 Å². The summed E-state index contributed by atoms with van der Waals surface area (Å²) < 4.78 is 2.07. The summed E-state index contributed by atoms with van der Waals surface area (Å²) in [7, 11) is 0. The van der Waals surface area contributed by atoms with Crippen LogP contribution in [0.2, 0.25) is 0 Å². The zero-order chi connectivity index (χ0) is 15.5. The first-order valence-electron chi connectivity index (χ1n) is 7.31. The smallest absolute Gasteiger partial charge is 0.190 e. The van der Waals surface area contributed by atoms with Gasteiger partial charge in [-0.05, 0) is 30.3 Å². The number of rotatable bonds is 4. The van der Waals surface area contributed by atoms with Crippen LogP contribution in [-0.4, -0.2) is 15.9 Å². The Balaban J connectivity index is 2.02. The lowest BCUT2D eigenvalue weighted by molar-refractivity contribution is -0.503. The third-order valence-corrected chi connectivity index (χ3v) is 4.30. The molecule has 3 rings (SSSR count). The lowest BCUT2D eigenvalue weighted by Gasteiger charge is -2.15. The number of aromatic nitrogens is 1. The summed E-state index contributed by atoms with van der Waals surface area (Å²) in [6, 6.07) is 15.5. The van der Waals surface area contributed by atoms with Gasteiger partial charge in [-0.2, -0.15) is 0 Å². The van der Waals surface area contributed by atoms with Gasteiger partial charge in [0.2, 0.25) is 0 Å². The van der Waals surface area contributed by atoms with Crippen molar-refractivity contribution < 1.29 is 4.74 Å². The fourth-order valence-corrected chi connectivity index (χ4v) is 3.06. The number of nitrogens with zero attached hydrogens (tertiary/aromatic N) is 1. The number of aromatic amines is 1. The zero-order valence-corrected chi connectivity index (χ0v) is 13.9. The average molecular weight is 357 g/mol. The molecule has 2 aromatic carbocycles. The van der Waals surface area contributed by atoms with Crippen LogP contribution >= 0.6 is 15.9 Å². The Morgan fingerprint density at radius 1 is 1.23 bits per heavy atom. The van der Waals surface area contributed by atoms with E-state index in [1.54, 1.807) is 6.21 Å². The number of hydroxylamine groups is 1. The molecule has 0 saturated carbocycles. The van der Waals surface area contributed by atoms with Crippen molar-refractivity contribution in [2.24, 2.45) is 0 Å². The first kappa shape index (κ1) is 14.9. The second kappa shape index (κ2) is 6.36. The summed E-state index contributed by atoms with van der Waals surface area (Å²) >= 11 is 3.50. The predicted molar refractivity (Wildman–Crippen MR) is 94.3 cm³/mol. The standard InChI is InChI=1S/C18H17BrN2O/c1-2-18(21(22)12-13-6-4-3-5-7-13)16-11-20-17-9-8-14(19)10-15(16)17/h3-12,18,20H,2H2,1H3. The molecule has 0 amide bonds. The van der Waals surface area contributed by atoms with Crippen molar-refractivity contribution in [1.82, 2.24) is 4.98 Å². The number of fused-ring (bicyclic) bond motifs is 1. The van der Waals surface area contributed by atoms with Gasteiger partial charge in [0, 0.05) is 39.1 Å². The van der Waals surface area contributed by atoms with Gasteiger partial charge in [-0.1, -0.05) is 41.1 Å². The fraction of sp³-hybridized carbons (Fsp3) is 0.167. The Morgan fingerprint density at radius 2 is 2.00 bits per heavy atom. The van der Waals surface area contributed by atoms with Crippen LogP contribution in [0, 0.1) is 5.21 Å². The molecule has 0 saturated heterocycles. The molecule has 0 aliphatic heterocycles. The lowest BCUT2D eigenvalue weighted by Crippen LogP contribution is -2.13. The zero-order valence-electron chi connectivity index (χ0n) is 12.3. The van der Waals surface area contributed by atoms with Crippen LogP contribution in [0.4, 0.5) is 0 Å². The van der Waals surface area contributed by atoms with Crippen molar-refractivity contribution in [3.63, 3.8) is 0 Å². The van der Waals surface area contributed by atoms with Gasteiger partial charge in [0.05, 0.1) is 0 Å². The van der Waals surface area contributed by atoms with E-state index in [1.165, 1.54) is 0 Å². The van der Waals surface area contributed by atoms with E-state index in [0.717, 1.165) is 37.7 Å². The number of H-pyrrole nitrogens is 1. The molecule has 3 aromatic rings. The molecule has 4 heteroatoms. The highest BCUT2D eigenvalue weighted by Gasteiger charge is 2.20. The molecule has 0 aliphatic carbocycles. The number of nitrogens with one attached hydrogen (secondary N) is 1. The Hall–Kier alpha value is -2.07. The van der Waals surface area contributed by atoms with Gasteiger partial charge in [0.25, 0.3) is 0 Å². The van der Waals surface area contributed by atoms with Crippen molar-refractivity contribution in [3.8, 4) is 0 Å². The minimum atomic E-state index is -0.205. The van der Waals surface area contributed by atoms with Gasteiger partial charge in [0.15, 0.2) is 12.3 Å². The van der Waals surface area contributed by atoms with Crippen LogP contribution in [-0.2, 0) is 0 Å². The summed E-state index contributed by atoms with van der Waals surface area (Å²) in [5, 5.41) is 13.7. The SMILES string of the molecule is CCC(c1c[nH]c2ccc(Br)cc12)[N+]([O-])=Cc1ccccc1. The third-order valence-electron chi connectivity index (χ3n) is 3.80. The molecule has 1 heterocycles. The molecule has 0 radical (unpaired) electrons. The van der Waals surface area contributed by atoms with E-state index < -0.39 is 0 Å². The maximum Gasteiger partial charge on any atom is 0.190 e. The maximum absolute atomic E-state index is 12.6. The summed E-state index contributed by atoms with van der Waals surface area (Å²) in [5.74, 6) is 0. The van der Waals surface area contributed by atoms with E-state index in [2.05, 4.69) is 27.0 Å². The summed E-state index contributed by atoms with van der Waals surface area (Å²) in [5.41, 5.74) is 2.99. The van der Waals surface area contributed by atoms with E-state index in [-0.39, 0.29) is 6.04 Å². The van der Waals surface area contributed by atoms with Crippen molar-refractivity contribution in [2.75, 3.05) is 0 Å².